The summed E-state index contributed by atoms with van der Waals surface area (Å²) < 4.78 is 0. The van der Waals surface area contributed by atoms with Crippen LogP contribution < -0.4 is 0 Å². The zero-order valence-electron chi connectivity index (χ0n) is 12.5. The molecule has 0 spiro atoms. The van der Waals surface area contributed by atoms with Crippen LogP contribution in [-0.4, -0.2) is 11.6 Å². The van der Waals surface area contributed by atoms with E-state index in [1.54, 1.807) is 0 Å². The number of hydrogen-bond acceptors (Lipinski definition) is 2. The van der Waals surface area contributed by atoms with Crippen LogP contribution in [0.25, 0.3) is 0 Å². The van der Waals surface area contributed by atoms with Crippen LogP contribution in [-0.2, 0) is 9.59 Å². The van der Waals surface area contributed by atoms with E-state index in [-0.39, 0.29) is 23.4 Å². The zero-order chi connectivity index (χ0) is 14.6. The Hall–Kier alpha value is -1.18. The fraction of sp³-hybridized carbons (Fsp3) is 0.667. The maximum Gasteiger partial charge on any atom is 0.169 e. The van der Waals surface area contributed by atoms with Gasteiger partial charge in [0.05, 0.1) is 5.92 Å². The first-order valence-corrected chi connectivity index (χ1v) is 7.89. The number of carbonyl (C=O) groups is 2. The average Bonchev–Trinajstić information content (AvgIpc) is 2.41. The highest BCUT2D eigenvalue weighted by Gasteiger charge is 2.54. The van der Waals surface area contributed by atoms with Crippen molar-refractivity contribution in [3.8, 4) is 0 Å². The van der Waals surface area contributed by atoms with Gasteiger partial charge in [-0.25, -0.2) is 0 Å². The fourth-order valence-corrected chi connectivity index (χ4v) is 4.96. The number of allylic oxidation sites excluding steroid dienone is 2. The van der Waals surface area contributed by atoms with Gasteiger partial charge in [-0.2, -0.15) is 0 Å². The summed E-state index contributed by atoms with van der Waals surface area (Å²) in [5.74, 6) is 1.32. The molecular weight excluding hydrogens is 248 g/mol. The first-order valence-electron chi connectivity index (χ1n) is 7.89. The van der Waals surface area contributed by atoms with Crippen molar-refractivity contribution in [2.75, 3.05) is 0 Å². The summed E-state index contributed by atoms with van der Waals surface area (Å²) in [6.07, 6.45) is 4.49. The summed E-state index contributed by atoms with van der Waals surface area (Å²) >= 11 is 0. The summed E-state index contributed by atoms with van der Waals surface area (Å²) in [6.45, 7) is 12.3. The van der Waals surface area contributed by atoms with Gasteiger partial charge in [0, 0.05) is 0 Å². The lowest BCUT2D eigenvalue weighted by Crippen LogP contribution is -2.52. The largest absolute Gasteiger partial charge is 0.294 e. The minimum atomic E-state index is -0.460. The maximum atomic E-state index is 12.7. The lowest BCUT2D eigenvalue weighted by Gasteiger charge is -2.50. The van der Waals surface area contributed by atoms with E-state index >= 15 is 0 Å². The molecular formula is C18H24O2. The highest BCUT2D eigenvalue weighted by molar-refractivity contribution is 6.17. The van der Waals surface area contributed by atoms with Crippen molar-refractivity contribution < 1.29 is 9.59 Å². The highest BCUT2D eigenvalue weighted by atomic mass is 16.2. The lowest BCUT2D eigenvalue weighted by molar-refractivity contribution is -0.139. The Balaban J connectivity index is 2.01. The van der Waals surface area contributed by atoms with Crippen molar-refractivity contribution in [1.82, 2.24) is 0 Å². The van der Waals surface area contributed by atoms with Crippen molar-refractivity contribution in [3.63, 3.8) is 0 Å². The third-order valence-electron chi connectivity index (χ3n) is 6.07. The van der Waals surface area contributed by atoms with Gasteiger partial charge < -0.3 is 0 Å². The molecule has 3 aliphatic rings. The predicted octanol–water partition coefficient (Wildman–Crippen LogP) is 3.58. The Bertz CT molecular complexity index is 502. The van der Waals surface area contributed by atoms with E-state index in [4.69, 9.17) is 0 Å². The molecule has 0 bridgehead atoms. The minimum absolute atomic E-state index is 0.00317. The predicted molar refractivity (Wildman–Crippen MR) is 79.1 cm³/mol. The van der Waals surface area contributed by atoms with Crippen LogP contribution in [0.1, 0.15) is 39.5 Å². The molecule has 20 heavy (non-hydrogen) atoms. The van der Waals surface area contributed by atoms with E-state index in [0.717, 1.165) is 18.4 Å². The second-order valence-electron chi connectivity index (χ2n) is 7.16. The molecule has 0 heterocycles. The molecule has 0 radical (unpaired) electrons. The van der Waals surface area contributed by atoms with E-state index in [1.165, 1.54) is 12.8 Å². The molecule has 0 aliphatic heterocycles. The molecule has 0 amide bonds. The van der Waals surface area contributed by atoms with E-state index in [1.807, 2.05) is 0 Å². The topological polar surface area (TPSA) is 34.1 Å². The molecule has 0 aromatic rings. The van der Waals surface area contributed by atoms with Crippen molar-refractivity contribution >= 4 is 11.6 Å². The van der Waals surface area contributed by atoms with Gasteiger partial charge in [0.15, 0.2) is 11.6 Å². The quantitative estimate of drug-likeness (QED) is 0.499. The molecule has 3 rings (SSSR count). The van der Waals surface area contributed by atoms with Gasteiger partial charge >= 0.3 is 0 Å². The van der Waals surface area contributed by atoms with Crippen molar-refractivity contribution in [2.45, 2.75) is 39.5 Å². The third-order valence-corrected chi connectivity index (χ3v) is 6.07. The van der Waals surface area contributed by atoms with Crippen molar-refractivity contribution in [1.29, 1.82) is 0 Å². The van der Waals surface area contributed by atoms with Gasteiger partial charge in [0.25, 0.3) is 0 Å². The van der Waals surface area contributed by atoms with E-state index < -0.39 is 5.92 Å². The van der Waals surface area contributed by atoms with Crippen LogP contribution in [0.3, 0.4) is 0 Å². The average molecular weight is 272 g/mol. The van der Waals surface area contributed by atoms with Gasteiger partial charge in [0.2, 0.25) is 0 Å². The molecule has 108 valence electrons. The second-order valence-corrected chi connectivity index (χ2v) is 7.16. The summed E-state index contributed by atoms with van der Waals surface area (Å²) in [5, 5.41) is 0. The minimum Gasteiger partial charge on any atom is -0.294 e. The zero-order valence-corrected chi connectivity index (χ0v) is 12.5. The molecule has 0 aromatic heterocycles. The second kappa shape index (κ2) is 4.68. The van der Waals surface area contributed by atoms with Gasteiger partial charge in [0.1, 0.15) is 0 Å². The number of carbonyl (C=O) groups excluding carboxylic acids is 2. The Morgan fingerprint density at radius 2 is 1.60 bits per heavy atom. The first-order chi connectivity index (χ1) is 9.43. The number of rotatable bonds is 0. The Kier molecular flexibility index (Phi) is 3.23. The van der Waals surface area contributed by atoms with E-state index in [2.05, 4.69) is 27.0 Å². The fourth-order valence-electron chi connectivity index (χ4n) is 4.96. The smallest absolute Gasteiger partial charge is 0.169 e. The van der Waals surface area contributed by atoms with Crippen LogP contribution in [0.2, 0.25) is 0 Å². The Morgan fingerprint density at radius 1 is 0.950 bits per heavy atom. The highest BCUT2D eigenvalue weighted by Crippen LogP contribution is 2.53. The Labute approximate surface area is 121 Å². The maximum absolute atomic E-state index is 12.7. The van der Waals surface area contributed by atoms with E-state index in [0.29, 0.717) is 23.3 Å². The molecule has 0 N–H and O–H groups in total. The molecule has 0 aromatic carbocycles. The van der Waals surface area contributed by atoms with Gasteiger partial charge in [-0.05, 0) is 53.6 Å². The van der Waals surface area contributed by atoms with Crippen LogP contribution in [0.15, 0.2) is 24.3 Å². The summed E-state index contributed by atoms with van der Waals surface area (Å²) in [5.41, 5.74) is 1.37. The Morgan fingerprint density at radius 3 is 2.30 bits per heavy atom. The lowest BCUT2D eigenvalue weighted by atomic mass is 9.52. The number of hydrogen-bond donors (Lipinski definition) is 0. The third kappa shape index (κ3) is 1.77. The molecule has 3 fully saturated rings. The SMILES string of the molecule is C=C1C(=O)C2C(=O)C(=C)C3C(C)CCCC3C2CC1C. The molecule has 0 saturated heterocycles. The molecule has 3 saturated carbocycles. The van der Waals surface area contributed by atoms with Crippen LogP contribution in [0.5, 0.6) is 0 Å². The van der Waals surface area contributed by atoms with Crippen molar-refractivity contribution in [2.24, 2.45) is 35.5 Å². The van der Waals surface area contributed by atoms with Crippen LogP contribution in [0.4, 0.5) is 0 Å². The molecule has 2 nitrogen and oxygen atoms in total. The van der Waals surface area contributed by atoms with Gasteiger partial charge in [-0.3, -0.25) is 9.59 Å². The summed E-state index contributed by atoms with van der Waals surface area (Å²) in [6, 6.07) is 0. The van der Waals surface area contributed by atoms with Crippen LogP contribution >= 0.6 is 0 Å². The summed E-state index contributed by atoms with van der Waals surface area (Å²) in [4.78, 5) is 25.2. The number of fused-ring (bicyclic) bond motifs is 3. The van der Waals surface area contributed by atoms with Gasteiger partial charge in [-0.15, -0.1) is 0 Å². The molecule has 6 unspecified atom stereocenters. The van der Waals surface area contributed by atoms with E-state index in [9.17, 15) is 9.59 Å². The normalized spacial score (nSPS) is 45.1. The van der Waals surface area contributed by atoms with Gasteiger partial charge in [-0.1, -0.05) is 39.8 Å². The first kappa shape index (κ1) is 13.8. The number of Topliss-reactive ketones (excluding diaryl/α,β-unsaturated/α-hetero) is 2. The van der Waals surface area contributed by atoms with Crippen LogP contribution in [0, 0.1) is 35.5 Å². The van der Waals surface area contributed by atoms with Crippen molar-refractivity contribution in [3.05, 3.63) is 24.3 Å². The molecule has 6 atom stereocenters. The standard InChI is InChI=1S/C18H24O2/c1-9-6-5-7-13-14-8-10(2)11(3)17(19)16(14)18(20)12(4)15(9)13/h9-10,13-16H,3-8H2,1-2H3. The molecule has 3 aliphatic carbocycles. The monoisotopic (exact) mass is 272 g/mol. The number of ketones is 2. The summed E-state index contributed by atoms with van der Waals surface area (Å²) in [7, 11) is 0. The molecule has 2 heteroatoms.